The molecule has 0 aliphatic heterocycles. The standard InChI is InChI=1S/C16H11BrF3NO3/c1-8(15(22)21-14-7-10(18)3-5-13(14)20)24-16(23)11-6-9(17)2-4-12(11)19/h2-8H,1H3,(H,21,22)/t8-/m0/s1. The third-order valence-corrected chi connectivity index (χ3v) is 3.48. The van der Waals surface area contributed by atoms with Gasteiger partial charge in [-0.3, -0.25) is 4.79 Å². The van der Waals surface area contributed by atoms with Gasteiger partial charge in [0, 0.05) is 10.5 Å². The summed E-state index contributed by atoms with van der Waals surface area (Å²) < 4.78 is 45.4. The van der Waals surface area contributed by atoms with Gasteiger partial charge in [0.1, 0.15) is 17.5 Å². The van der Waals surface area contributed by atoms with Crippen molar-refractivity contribution in [1.29, 1.82) is 0 Å². The van der Waals surface area contributed by atoms with Crippen LogP contribution in [0.2, 0.25) is 0 Å². The number of anilines is 1. The van der Waals surface area contributed by atoms with Gasteiger partial charge in [0.15, 0.2) is 6.10 Å². The van der Waals surface area contributed by atoms with E-state index in [1.54, 1.807) is 0 Å². The minimum absolute atomic E-state index is 0.360. The maximum atomic E-state index is 13.6. The minimum atomic E-state index is -1.35. The molecule has 4 nitrogen and oxygen atoms in total. The van der Waals surface area contributed by atoms with Gasteiger partial charge in [-0.25, -0.2) is 18.0 Å². The molecule has 0 radical (unpaired) electrons. The fourth-order valence-corrected chi connectivity index (χ4v) is 2.12. The molecule has 2 rings (SSSR count). The molecule has 0 saturated carbocycles. The van der Waals surface area contributed by atoms with Crippen molar-refractivity contribution in [3.05, 3.63) is 63.9 Å². The largest absolute Gasteiger partial charge is 0.449 e. The predicted octanol–water partition coefficient (Wildman–Crippen LogP) is 4.05. The second kappa shape index (κ2) is 7.48. The number of halogens is 4. The Morgan fingerprint density at radius 1 is 1.08 bits per heavy atom. The van der Waals surface area contributed by atoms with Crippen LogP contribution in [0.15, 0.2) is 40.9 Å². The molecular weight excluding hydrogens is 391 g/mol. The quantitative estimate of drug-likeness (QED) is 0.786. The molecule has 0 bridgehead atoms. The molecule has 0 aliphatic carbocycles. The molecule has 2 aromatic carbocycles. The lowest BCUT2D eigenvalue weighted by Gasteiger charge is -2.14. The SMILES string of the molecule is C[C@H](OC(=O)c1cc(Br)ccc1F)C(=O)Nc1cc(F)ccc1F. The Morgan fingerprint density at radius 3 is 2.46 bits per heavy atom. The van der Waals surface area contributed by atoms with E-state index in [4.69, 9.17) is 4.74 Å². The summed E-state index contributed by atoms with van der Waals surface area (Å²) in [6.07, 6.45) is -1.35. The van der Waals surface area contributed by atoms with E-state index in [-0.39, 0.29) is 5.56 Å². The molecular formula is C16H11BrF3NO3. The number of ether oxygens (including phenoxy) is 1. The highest BCUT2D eigenvalue weighted by Crippen LogP contribution is 2.18. The Balaban J connectivity index is 2.07. The van der Waals surface area contributed by atoms with Crippen LogP contribution < -0.4 is 5.32 Å². The molecule has 1 amide bonds. The first kappa shape index (κ1) is 18.0. The van der Waals surface area contributed by atoms with Gasteiger partial charge in [0.05, 0.1) is 11.3 Å². The Hall–Kier alpha value is -2.35. The first-order valence-electron chi connectivity index (χ1n) is 6.70. The Labute approximate surface area is 143 Å². The van der Waals surface area contributed by atoms with Gasteiger partial charge in [-0.15, -0.1) is 0 Å². The van der Waals surface area contributed by atoms with Crippen LogP contribution in [0.3, 0.4) is 0 Å². The van der Waals surface area contributed by atoms with Gasteiger partial charge in [-0.2, -0.15) is 0 Å². The van der Waals surface area contributed by atoms with Crippen molar-refractivity contribution in [2.75, 3.05) is 5.32 Å². The van der Waals surface area contributed by atoms with E-state index in [1.165, 1.54) is 19.1 Å². The summed E-state index contributed by atoms with van der Waals surface area (Å²) in [6, 6.07) is 6.19. The number of carbonyl (C=O) groups is 2. The van der Waals surface area contributed by atoms with Crippen LogP contribution in [0.1, 0.15) is 17.3 Å². The van der Waals surface area contributed by atoms with E-state index in [9.17, 15) is 22.8 Å². The van der Waals surface area contributed by atoms with Crippen molar-refractivity contribution in [2.45, 2.75) is 13.0 Å². The molecule has 0 aliphatic rings. The first-order valence-corrected chi connectivity index (χ1v) is 7.49. The summed E-state index contributed by atoms with van der Waals surface area (Å²) >= 11 is 3.09. The molecule has 2 aromatic rings. The second-order valence-electron chi connectivity index (χ2n) is 4.79. The maximum absolute atomic E-state index is 13.6. The van der Waals surface area contributed by atoms with E-state index in [0.717, 1.165) is 24.3 Å². The lowest BCUT2D eigenvalue weighted by atomic mass is 10.2. The number of benzene rings is 2. The number of carbonyl (C=O) groups excluding carboxylic acids is 2. The molecule has 0 unspecified atom stereocenters. The van der Waals surface area contributed by atoms with Crippen LogP contribution in [0.5, 0.6) is 0 Å². The second-order valence-corrected chi connectivity index (χ2v) is 5.70. The molecule has 126 valence electrons. The zero-order chi connectivity index (χ0) is 17.9. The summed E-state index contributed by atoms with van der Waals surface area (Å²) in [6.45, 7) is 1.22. The summed E-state index contributed by atoms with van der Waals surface area (Å²) in [5, 5.41) is 2.10. The average molecular weight is 402 g/mol. The number of amides is 1. The fourth-order valence-electron chi connectivity index (χ4n) is 1.76. The molecule has 0 heterocycles. The van der Waals surface area contributed by atoms with E-state index >= 15 is 0 Å². The lowest BCUT2D eigenvalue weighted by molar-refractivity contribution is -0.123. The molecule has 24 heavy (non-hydrogen) atoms. The zero-order valence-electron chi connectivity index (χ0n) is 12.3. The average Bonchev–Trinajstić information content (AvgIpc) is 2.53. The van der Waals surface area contributed by atoms with Crippen LogP contribution >= 0.6 is 15.9 Å². The fraction of sp³-hybridized carbons (Fsp3) is 0.125. The highest BCUT2D eigenvalue weighted by atomic mass is 79.9. The smallest absolute Gasteiger partial charge is 0.341 e. The van der Waals surface area contributed by atoms with E-state index in [1.807, 2.05) is 0 Å². The van der Waals surface area contributed by atoms with Crippen LogP contribution in [0, 0.1) is 17.5 Å². The van der Waals surface area contributed by atoms with Gasteiger partial charge in [-0.05, 0) is 37.3 Å². The number of rotatable bonds is 4. The van der Waals surface area contributed by atoms with Gasteiger partial charge < -0.3 is 10.1 Å². The first-order chi connectivity index (χ1) is 11.3. The number of esters is 1. The third-order valence-electron chi connectivity index (χ3n) is 2.99. The molecule has 1 atom stereocenters. The van der Waals surface area contributed by atoms with Crippen LogP contribution in [0.25, 0.3) is 0 Å². The van der Waals surface area contributed by atoms with Crippen LogP contribution in [-0.4, -0.2) is 18.0 Å². The van der Waals surface area contributed by atoms with Gasteiger partial charge in [-0.1, -0.05) is 15.9 Å². The number of hydrogen-bond donors (Lipinski definition) is 1. The predicted molar refractivity (Wildman–Crippen MR) is 84.0 cm³/mol. The monoisotopic (exact) mass is 401 g/mol. The summed E-state index contributed by atoms with van der Waals surface area (Å²) in [7, 11) is 0. The van der Waals surface area contributed by atoms with Crippen molar-refractivity contribution in [2.24, 2.45) is 0 Å². The van der Waals surface area contributed by atoms with Crippen molar-refractivity contribution >= 4 is 33.5 Å². The van der Waals surface area contributed by atoms with Crippen molar-refractivity contribution in [1.82, 2.24) is 0 Å². The van der Waals surface area contributed by atoms with Gasteiger partial charge >= 0.3 is 5.97 Å². The van der Waals surface area contributed by atoms with Gasteiger partial charge in [0.2, 0.25) is 0 Å². The summed E-state index contributed by atoms with van der Waals surface area (Å²) in [5.41, 5.74) is -0.752. The number of hydrogen-bond acceptors (Lipinski definition) is 3. The van der Waals surface area contributed by atoms with Crippen molar-refractivity contribution in [3.63, 3.8) is 0 Å². The zero-order valence-corrected chi connectivity index (χ0v) is 13.9. The Kier molecular flexibility index (Phi) is 5.61. The summed E-state index contributed by atoms with van der Waals surface area (Å²) in [5.74, 6) is -4.35. The lowest BCUT2D eigenvalue weighted by Crippen LogP contribution is -2.30. The highest BCUT2D eigenvalue weighted by Gasteiger charge is 2.22. The molecule has 0 spiro atoms. The van der Waals surface area contributed by atoms with E-state index in [0.29, 0.717) is 4.47 Å². The topological polar surface area (TPSA) is 55.4 Å². The molecule has 1 N–H and O–H groups in total. The normalized spacial score (nSPS) is 11.7. The molecule has 0 aromatic heterocycles. The van der Waals surface area contributed by atoms with Crippen molar-refractivity contribution < 1.29 is 27.5 Å². The number of nitrogens with one attached hydrogen (secondary N) is 1. The van der Waals surface area contributed by atoms with Crippen molar-refractivity contribution in [3.8, 4) is 0 Å². The minimum Gasteiger partial charge on any atom is -0.449 e. The summed E-state index contributed by atoms with van der Waals surface area (Å²) in [4.78, 5) is 23.8. The maximum Gasteiger partial charge on any atom is 0.341 e. The molecule has 0 saturated heterocycles. The van der Waals surface area contributed by atoms with Gasteiger partial charge in [0.25, 0.3) is 5.91 Å². The molecule has 0 fully saturated rings. The Morgan fingerprint density at radius 2 is 1.75 bits per heavy atom. The van der Waals surface area contributed by atoms with Crippen LogP contribution in [0.4, 0.5) is 18.9 Å². The van der Waals surface area contributed by atoms with E-state index < -0.39 is 41.1 Å². The van der Waals surface area contributed by atoms with Crippen LogP contribution in [-0.2, 0) is 9.53 Å². The highest BCUT2D eigenvalue weighted by molar-refractivity contribution is 9.10. The molecule has 8 heteroatoms. The van der Waals surface area contributed by atoms with E-state index in [2.05, 4.69) is 21.2 Å². The third kappa shape index (κ3) is 4.35. The Bertz CT molecular complexity index is 798.